The van der Waals surface area contributed by atoms with Gasteiger partial charge in [-0.15, -0.1) is 24.9 Å². The number of carbonyl (C=O) groups excluding carboxylic acids is 2. The molecular formula is C27H29F3N6O4S. The Balaban J connectivity index is 1.30. The van der Waals surface area contributed by atoms with Crippen molar-refractivity contribution in [3.05, 3.63) is 72.1 Å². The molecule has 10 nitrogen and oxygen atoms in total. The number of alkyl halides is 3. The first-order valence-corrected chi connectivity index (χ1v) is 13.7. The number of hydrogen-bond acceptors (Lipinski definition) is 9. The Bertz CT molecular complexity index is 1320. The quantitative estimate of drug-likeness (QED) is 0.289. The summed E-state index contributed by atoms with van der Waals surface area (Å²) in [5, 5.41) is 15.0. The smallest absolute Gasteiger partial charge is 0.406 e. The second-order valence-corrected chi connectivity index (χ2v) is 10.1. The van der Waals surface area contributed by atoms with E-state index in [2.05, 4.69) is 35.1 Å². The van der Waals surface area contributed by atoms with Crippen LogP contribution >= 0.6 is 11.8 Å². The lowest BCUT2D eigenvalue weighted by Gasteiger charge is -2.33. The monoisotopic (exact) mass is 590 g/mol. The minimum atomic E-state index is -4.80. The van der Waals surface area contributed by atoms with Crippen LogP contribution in [0.3, 0.4) is 0 Å². The lowest BCUT2D eigenvalue weighted by atomic mass is 10.2. The molecule has 0 spiro atoms. The molecule has 0 saturated carbocycles. The lowest BCUT2D eigenvalue weighted by molar-refractivity contribution is -0.274. The van der Waals surface area contributed by atoms with Crippen molar-refractivity contribution in [3.8, 4) is 5.75 Å². The Labute approximate surface area is 238 Å². The van der Waals surface area contributed by atoms with Crippen LogP contribution < -0.4 is 15.4 Å². The Hall–Kier alpha value is -3.72. The van der Waals surface area contributed by atoms with Crippen LogP contribution in [0.15, 0.2) is 66.0 Å². The van der Waals surface area contributed by atoms with Crippen LogP contribution in [-0.4, -0.2) is 88.9 Å². The van der Waals surface area contributed by atoms with Gasteiger partial charge in [0.2, 0.25) is 5.91 Å². The Morgan fingerprint density at radius 2 is 1.71 bits per heavy atom. The Kier molecular flexibility index (Phi) is 10.5. The van der Waals surface area contributed by atoms with E-state index in [0.29, 0.717) is 34.4 Å². The van der Waals surface area contributed by atoms with Crippen molar-refractivity contribution < 1.29 is 32.6 Å². The van der Waals surface area contributed by atoms with E-state index in [1.807, 2.05) is 0 Å². The van der Waals surface area contributed by atoms with Gasteiger partial charge in [0.15, 0.2) is 0 Å². The fourth-order valence-electron chi connectivity index (χ4n) is 4.10. The number of amides is 2. The van der Waals surface area contributed by atoms with Gasteiger partial charge in [-0.2, -0.15) is 0 Å². The molecule has 1 aromatic carbocycles. The van der Waals surface area contributed by atoms with E-state index in [-0.39, 0.29) is 19.1 Å². The summed E-state index contributed by atoms with van der Waals surface area (Å²) >= 11 is 1.32. The average Bonchev–Trinajstić information content (AvgIpc) is 2.94. The van der Waals surface area contributed by atoms with Gasteiger partial charge in [0.25, 0.3) is 5.91 Å². The highest BCUT2D eigenvalue weighted by molar-refractivity contribution is 7.98. The number of pyridine rings is 2. The molecule has 2 aromatic heterocycles. The highest BCUT2D eigenvalue weighted by Crippen LogP contribution is 2.27. The molecule has 1 fully saturated rings. The molecule has 1 saturated heterocycles. The summed E-state index contributed by atoms with van der Waals surface area (Å²) in [7, 11) is 0. The van der Waals surface area contributed by atoms with Crippen LogP contribution in [0.5, 0.6) is 5.75 Å². The number of carbonyl (C=O) groups is 2. The number of benzene rings is 1. The average molecular weight is 591 g/mol. The van der Waals surface area contributed by atoms with E-state index in [1.54, 1.807) is 36.7 Å². The van der Waals surface area contributed by atoms with E-state index >= 15 is 0 Å². The van der Waals surface area contributed by atoms with Crippen LogP contribution in [0.2, 0.25) is 0 Å². The van der Waals surface area contributed by atoms with Crippen molar-refractivity contribution in [2.75, 3.05) is 56.5 Å². The Morgan fingerprint density at radius 3 is 2.41 bits per heavy atom. The van der Waals surface area contributed by atoms with E-state index in [9.17, 15) is 22.8 Å². The van der Waals surface area contributed by atoms with Gasteiger partial charge in [-0.05, 0) is 54.1 Å². The number of thioether (sulfide) groups is 1. The number of ether oxygens (including phenoxy) is 1. The molecule has 2 amide bonds. The van der Waals surface area contributed by atoms with Crippen molar-refractivity contribution in [3.63, 3.8) is 0 Å². The minimum absolute atomic E-state index is 0.122. The molecule has 41 heavy (non-hydrogen) atoms. The Morgan fingerprint density at radius 1 is 0.976 bits per heavy atom. The molecule has 0 unspecified atom stereocenters. The zero-order valence-corrected chi connectivity index (χ0v) is 22.7. The van der Waals surface area contributed by atoms with Crippen LogP contribution in [0.4, 0.5) is 24.7 Å². The van der Waals surface area contributed by atoms with E-state index < -0.39 is 18.0 Å². The third-order valence-electron chi connectivity index (χ3n) is 6.08. The van der Waals surface area contributed by atoms with Gasteiger partial charge in [-0.3, -0.25) is 19.4 Å². The second kappa shape index (κ2) is 14.3. The normalized spacial score (nSPS) is 14.4. The number of aliphatic hydroxyl groups excluding tert-OH is 1. The van der Waals surface area contributed by atoms with Crippen molar-refractivity contribution in [1.29, 1.82) is 0 Å². The first-order chi connectivity index (χ1) is 19.7. The summed E-state index contributed by atoms with van der Waals surface area (Å²) in [4.78, 5) is 38.2. The third-order valence-corrected chi connectivity index (χ3v) is 7.15. The number of rotatable bonds is 11. The molecule has 4 rings (SSSR count). The van der Waals surface area contributed by atoms with Gasteiger partial charge < -0.3 is 20.5 Å². The summed E-state index contributed by atoms with van der Waals surface area (Å²) in [6.45, 7) is 4.10. The lowest BCUT2D eigenvalue weighted by Crippen LogP contribution is -2.49. The predicted molar refractivity (Wildman–Crippen MR) is 148 cm³/mol. The molecule has 3 N–H and O–H groups in total. The first kappa shape index (κ1) is 30.2. The second-order valence-electron chi connectivity index (χ2n) is 9.11. The van der Waals surface area contributed by atoms with E-state index in [0.717, 1.165) is 43.9 Å². The fraction of sp³-hybridized carbons (Fsp3) is 0.333. The molecule has 0 bridgehead atoms. The van der Waals surface area contributed by atoms with Crippen molar-refractivity contribution >= 4 is 35.1 Å². The van der Waals surface area contributed by atoms with Crippen LogP contribution in [0.1, 0.15) is 15.9 Å². The number of nitrogens with zero attached hydrogens (tertiary/aromatic N) is 4. The number of nitrogens with one attached hydrogen (secondary N) is 2. The highest BCUT2D eigenvalue weighted by atomic mass is 32.2. The molecule has 218 valence electrons. The summed E-state index contributed by atoms with van der Waals surface area (Å²) in [6.07, 6.45) is -1.65. The van der Waals surface area contributed by atoms with Crippen molar-refractivity contribution in [2.45, 2.75) is 17.1 Å². The minimum Gasteiger partial charge on any atom is -0.406 e. The van der Waals surface area contributed by atoms with Gasteiger partial charge in [0.05, 0.1) is 18.7 Å². The van der Waals surface area contributed by atoms with Gasteiger partial charge >= 0.3 is 6.36 Å². The summed E-state index contributed by atoms with van der Waals surface area (Å²) in [5.74, 6) is -0.162. The third kappa shape index (κ3) is 9.70. The van der Waals surface area contributed by atoms with Crippen molar-refractivity contribution in [1.82, 2.24) is 19.8 Å². The fourth-order valence-corrected chi connectivity index (χ4v) is 5.03. The number of aromatic nitrogens is 2. The van der Waals surface area contributed by atoms with Crippen LogP contribution in [0, 0.1) is 0 Å². The molecular weight excluding hydrogens is 561 g/mol. The predicted octanol–water partition coefficient (Wildman–Crippen LogP) is 3.47. The zero-order valence-electron chi connectivity index (χ0n) is 21.9. The molecule has 0 radical (unpaired) electrons. The van der Waals surface area contributed by atoms with Crippen LogP contribution in [-0.2, 0) is 10.5 Å². The van der Waals surface area contributed by atoms with Gasteiger partial charge in [0.1, 0.15) is 16.6 Å². The molecule has 0 aliphatic carbocycles. The van der Waals surface area contributed by atoms with Crippen molar-refractivity contribution in [2.24, 2.45) is 0 Å². The van der Waals surface area contributed by atoms with Gasteiger partial charge in [0, 0.05) is 56.6 Å². The molecule has 3 aromatic rings. The number of halogens is 3. The topological polar surface area (TPSA) is 120 Å². The molecule has 1 aliphatic heterocycles. The number of piperazine rings is 1. The number of anilines is 2. The number of hydrogen-bond donors (Lipinski definition) is 3. The maximum atomic E-state index is 12.9. The van der Waals surface area contributed by atoms with Crippen LogP contribution in [0.25, 0.3) is 0 Å². The zero-order chi connectivity index (χ0) is 29.2. The first-order valence-electron chi connectivity index (χ1n) is 12.7. The highest BCUT2D eigenvalue weighted by Gasteiger charge is 2.31. The van der Waals surface area contributed by atoms with Gasteiger partial charge in [-0.1, -0.05) is 0 Å². The number of β-amino-alcohol motifs (C(OH)–C–C–N with tert-alkyl or cyclic N) is 1. The largest absolute Gasteiger partial charge is 0.573 e. The molecule has 0 atom stereocenters. The molecule has 3 heterocycles. The number of aliphatic hydroxyl groups is 1. The standard InChI is InChI=1S/C27H29F3N6O4S/c28-27(29,30)40-21-5-3-20(4-6-21)33-25(39)22-2-1-8-32-26(22)41-18-19-7-9-31-23(16-19)34-24(38)17-36-12-10-35(11-13-36)14-15-37/h1-9,16,37H,10-15,17-18H2,(H,33,39)(H,31,34,38). The van der Waals surface area contributed by atoms with Gasteiger partial charge in [-0.25, -0.2) is 9.97 Å². The maximum absolute atomic E-state index is 12.9. The summed E-state index contributed by atoms with van der Waals surface area (Å²) in [5.41, 5.74) is 1.45. The summed E-state index contributed by atoms with van der Waals surface area (Å²) < 4.78 is 41.0. The maximum Gasteiger partial charge on any atom is 0.573 e. The van der Waals surface area contributed by atoms with E-state index in [4.69, 9.17) is 5.11 Å². The summed E-state index contributed by atoms with van der Waals surface area (Å²) in [6, 6.07) is 11.6. The molecule has 1 aliphatic rings. The van der Waals surface area contributed by atoms with E-state index in [1.165, 1.54) is 23.9 Å². The molecule has 14 heteroatoms. The SMILES string of the molecule is O=C(CN1CCN(CCO)CC1)Nc1cc(CSc2ncccc2C(=O)Nc2ccc(OC(F)(F)F)cc2)ccn1.